The molecule has 2 N–H and O–H groups in total. The number of benzene rings is 1. The van der Waals surface area contributed by atoms with E-state index in [-0.39, 0.29) is 6.04 Å². The second kappa shape index (κ2) is 10.1. The largest absolute Gasteiger partial charge is 0.357 e. The van der Waals surface area contributed by atoms with Crippen LogP contribution in [0.25, 0.3) is 0 Å². The molecular weight excluding hydrogens is 336 g/mol. The van der Waals surface area contributed by atoms with Gasteiger partial charge in [-0.1, -0.05) is 36.8 Å². The fourth-order valence-corrected chi connectivity index (χ4v) is 2.97. The van der Waals surface area contributed by atoms with E-state index in [0.717, 1.165) is 25.6 Å². The van der Waals surface area contributed by atoms with Crippen molar-refractivity contribution in [3.63, 3.8) is 0 Å². The maximum Gasteiger partial charge on any atom is 0.191 e. The van der Waals surface area contributed by atoms with E-state index < -0.39 is 0 Å². The molecule has 2 rings (SSSR count). The molecule has 27 heavy (non-hydrogen) atoms. The molecule has 0 aliphatic heterocycles. The smallest absolute Gasteiger partial charge is 0.191 e. The fourth-order valence-electron chi connectivity index (χ4n) is 2.97. The first-order chi connectivity index (χ1) is 12.9. The third kappa shape index (κ3) is 6.40. The van der Waals surface area contributed by atoms with Gasteiger partial charge in [-0.05, 0) is 33.5 Å². The van der Waals surface area contributed by atoms with Gasteiger partial charge in [0.2, 0.25) is 0 Å². The van der Waals surface area contributed by atoms with E-state index in [1.807, 2.05) is 17.9 Å². The second-order valence-electron chi connectivity index (χ2n) is 7.34. The summed E-state index contributed by atoms with van der Waals surface area (Å²) >= 11 is 0. The molecule has 148 valence electrons. The molecule has 0 saturated carbocycles. The van der Waals surface area contributed by atoms with Crippen molar-refractivity contribution in [1.29, 1.82) is 0 Å². The summed E-state index contributed by atoms with van der Waals surface area (Å²) in [6, 6.07) is 8.95. The van der Waals surface area contributed by atoms with Crippen LogP contribution in [-0.2, 0) is 7.05 Å². The van der Waals surface area contributed by atoms with E-state index in [2.05, 4.69) is 86.0 Å². The van der Waals surface area contributed by atoms with Crippen molar-refractivity contribution in [2.45, 2.75) is 32.7 Å². The molecule has 6 nitrogen and oxygen atoms in total. The summed E-state index contributed by atoms with van der Waals surface area (Å²) in [5.41, 5.74) is 3.80. The van der Waals surface area contributed by atoms with E-state index in [4.69, 9.17) is 4.99 Å². The maximum atomic E-state index is 4.80. The molecule has 6 heteroatoms. The average Bonchev–Trinajstić information content (AvgIpc) is 3.05. The lowest BCUT2D eigenvalue weighted by molar-refractivity contribution is 0.298. The third-order valence-electron chi connectivity index (χ3n) is 4.71. The molecule has 2 atom stereocenters. The quantitative estimate of drug-likeness (QED) is 0.554. The van der Waals surface area contributed by atoms with Gasteiger partial charge in [-0.2, -0.15) is 5.10 Å². The minimum atomic E-state index is 0.233. The lowest BCUT2D eigenvalue weighted by atomic mass is 10.0. The summed E-state index contributed by atoms with van der Waals surface area (Å²) in [6.45, 7) is 8.77. The Kier molecular flexibility index (Phi) is 7.85. The van der Waals surface area contributed by atoms with Crippen LogP contribution >= 0.6 is 0 Å². The summed E-state index contributed by atoms with van der Waals surface area (Å²) < 4.78 is 1.84. The van der Waals surface area contributed by atoms with Crippen molar-refractivity contribution in [2.24, 2.45) is 12.0 Å². The first-order valence-electron chi connectivity index (χ1n) is 9.64. The molecule has 0 bridgehead atoms. The average molecular weight is 371 g/mol. The monoisotopic (exact) mass is 370 g/mol. The van der Waals surface area contributed by atoms with Crippen LogP contribution in [0.15, 0.2) is 41.7 Å². The van der Waals surface area contributed by atoms with Crippen molar-refractivity contribution < 1.29 is 0 Å². The first-order valence-corrected chi connectivity index (χ1v) is 9.64. The van der Waals surface area contributed by atoms with Crippen molar-refractivity contribution in [3.8, 4) is 0 Å². The number of aryl methyl sites for hydroxylation is 2. The van der Waals surface area contributed by atoms with E-state index in [0.29, 0.717) is 5.92 Å². The Morgan fingerprint density at radius 1 is 1.19 bits per heavy atom. The van der Waals surface area contributed by atoms with E-state index in [9.17, 15) is 0 Å². The van der Waals surface area contributed by atoms with Gasteiger partial charge in [0.25, 0.3) is 0 Å². The summed E-state index contributed by atoms with van der Waals surface area (Å²) in [5, 5.41) is 11.1. The molecule has 0 fully saturated rings. The van der Waals surface area contributed by atoms with Crippen LogP contribution in [0.1, 0.15) is 42.5 Å². The number of hydrogen-bond donors (Lipinski definition) is 2. The van der Waals surface area contributed by atoms with Crippen LogP contribution in [0.3, 0.4) is 0 Å². The molecule has 2 aromatic rings. The van der Waals surface area contributed by atoms with E-state index >= 15 is 0 Å². The highest BCUT2D eigenvalue weighted by Gasteiger charge is 2.16. The van der Waals surface area contributed by atoms with Crippen LogP contribution < -0.4 is 10.6 Å². The number of likely N-dealkylation sites (N-methyl/N-ethyl adjacent to an activating group) is 1. The van der Waals surface area contributed by atoms with Crippen LogP contribution in [0.2, 0.25) is 0 Å². The van der Waals surface area contributed by atoms with E-state index in [1.54, 1.807) is 0 Å². The zero-order valence-corrected chi connectivity index (χ0v) is 17.5. The Hall–Kier alpha value is -2.34. The van der Waals surface area contributed by atoms with Crippen molar-refractivity contribution in [2.75, 3.05) is 33.7 Å². The van der Waals surface area contributed by atoms with Gasteiger partial charge in [-0.25, -0.2) is 0 Å². The topological polar surface area (TPSA) is 57.5 Å². The van der Waals surface area contributed by atoms with Gasteiger partial charge in [-0.3, -0.25) is 9.67 Å². The Morgan fingerprint density at radius 3 is 2.44 bits per heavy atom. The Morgan fingerprint density at radius 2 is 1.89 bits per heavy atom. The maximum absolute atomic E-state index is 4.80. The number of nitrogens with one attached hydrogen (secondary N) is 2. The van der Waals surface area contributed by atoms with Gasteiger partial charge >= 0.3 is 0 Å². The van der Waals surface area contributed by atoms with Gasteiger partial charge in [0.1, 0.15) is 0 Å². The first kappa shape index (κ1) is 21.0. The Labute approximate surface area is 163 Å². The number of guanidine groups is 1. The standard InChI is InChI=1S/C21H34N6/c1-7-22-21(23-12-17(3)18-10-8-16(2)9-11-18)24-14-20(26(4)5)19-13-25-27(6)15-19/h8-11,13,15,17,20H,7,12,14H2,1-6H3,(H2,22,23,24). The highest BCUT2D eigenvalue weighted by molar-refractivity contribution is 5.79. The molecular formula is C21H34N6. The number of aliphatic imine (C=N–C) groups is 1. The van der Waals surface area contributed by atoms with Crippen LogP contribution in [0.5, 0.6) is 0 Å². The highest BCUT2D eigenvalue weighted by atomic mass is 15.3. The molecule has 0 aliphatic rings. The third-order valence-corrected chi connectivity index (χ3v) is 4.71. The molecule has 0 amide bonds. The molecule has 0 saturated heterocycles. The van der Waals surface area contributed by atoms with Crippen LogP contribution in [0.4, 0.5) is 0 Å². The lowest BCUT2D eigenvalue weighted by Gasteiger charge is -2.24. The highest BCUT2D eigenvalue weighted by Crippen LogP contribution is 2.17. The molecule has 0 spiro atoms. The van der Waals surface area contributed by atoms with Crippen molar-refractivity contribution in [1.82, 2.24) is 25.3 Å². The molecule has 0 aliphatic carbocycles. The minimum Gasteiger partial charge on any atom is -0.357 e. The van der Waals surface area contributed by atoms with E-state index in [1.165, 1.54) is 16.7 Å². The number of rotatable bonds is 8. The number of nitrogens with zero attached hydrogens (tertiary/aromatic N) is 4. The van der Waals surface area contributed by atoms with Gasteiger partial charge in [0, 0.05) is 44.4 Å². The lowest BCUT2D eigenvalue weighted by Crippen LogP contribution is -2.42. The summed E-state index contributed by atoms with van der Waals surface area (Å²) in [7, 11) is 6.12. The summed E-state index contributed by atoms with van der Waals surface area (Å²) in [5.74, 6) is 1.23. The summed E-state index contributed by atoms with van der Waals surface area (Å²) in [6.07, 6.45) is 3.99. The van der Waals surface area contributed by atoms with Gasteiger partial charge in [-0.15, -0.1) is 0 Å². The van der Waals surface area contributed by atoms with Gasteiger partial charge in [0.05, 0.1) is 12.2 Å². The van der Waals surface area contributed by atoms with Crippen LogP contribution in [0, 0.1) is 6.92 Å². The Balaban J connectivity index is 2.00. The zero-order chi connectivity index (χ0) is 19.8. The second-order valence-corrected chi connectivity index (χ2v) is 7.34. The molecule has 2 unspecified atom stereocenters. The number of aromatic nitrogens is 2. The zero-order valence-electron chi connectivity index (χ0n) is 17.5. The Bertz CT molecular complexity index is 717. The van der Waals surface area contributed by atoms with Crippen molar-refractivity contribution in [3.05, 3.63) is 53.3 Å². The van der Waals surface area contributed by atoms with Crippen LogP contribution in [-0.4, -0.2) is 54.4 Å². The normalized spacial score (nSPS) is 14.3. The molecule has 1 aromatic carbocycles. The number of hydrogen-bond acceptors (Lipinski definition) is 3. The van der Waals surface area contributed by atoms with Gasteiger partial charge < -0.3 is 15.5 Å². The fraction of sp³-hybridized carbons (Fsp3) is 0.524. The van der Waals surface area contributed by atoms with Gasteiger partial charge in [0.15, 0.2) is 5.96 Å². The molecule has 1 heterocycles. The SMILES string of the molecule is CCNC(=NCC(C)c1ccc(C)cc1)NCC(c1cnn(C)c1)N(C)C. The molecule has 0 radical (unpaired) electrons. The summed E-state index contributed by atoms with van der Waals surface area (Å²) in [4.78, 5) is 6.99. The minimum absolute atomic E-state index is 0.233. The predicted octanol–water partition coefficient (Wildman–Crippen LogP) is 2.69. The predicted molar refractivity (Wildman–Crippen MR) is 113 cm³/mol. The van der Waals surface area contributed by atoms with Crippen molar-refractivity contribution >= 4 is 5.96 Å². The molecule has 1 aromatic heterocycles.